The van der Waals surface area contributed by atoms with Gasteiger partial charge in [0.2, 0.25) is 0 Å². The van der Waals surface area contributed by atoms with Gasteiger partial charge in [-0.05, 0) is 49.2 Å². The van der Waals surface area contributed by atoms with Gasteiger partial charge in [0.05, 0.1) is 25.5 Å². The molecule has 0 amide bonds. The van der Waals surface area contributed by atoms with Gasteiger partial charge in [0, 0.05) is 22.2 Å². The Morgan fingerprint density at radius 1 is 1.20 bits per heavy atom. The molecule has 1 aliphatic rings. The van der Waals surface area contributed by atoms with Gasteiger partial charge in [-0.2, -0.15) is 0 Å². The predicted octanol–water partition coefficient (Wildman–Crippen LogP) is 4.87. The molecule has 0 aliphatic carbocycles. The number of aromatic nitrogens is 3. The average molecular weight is 488 g/mol. The van der Waals surface area contributed by atoms with Crippen LogP contribution in [0.3, 0.4) is 0 Å². The summed E-state index contributed by atoms with van der Waals surface area (Å²) in [6.07, 6.45) is 2.22. The summed E-state index contributed by atoms with van der Waals surface area (Å²) in [5.74, 6) is 1.92. The topological polar surface area (TPSA) is 66.2 Å². The van der Waals surface area contributed by atoms with E-state index in [1.807, 2.05) is 48.5 Å². The molecule has 0 N–H and O–H groups in total. The highest BCUT2D eigenvalue weighted by atomic mass is 79.9. The van der Waals surface area contributed by atoms with Crippen LogP contribution in [-0.4, -0.2) is 46.1 Å². The fourth-order valence-corrected chi connectivity index (χ4v) is 4.46. The zero-order chi connectivity index (χ0) is 20.9. The molecule has 1 aromatic heterocycles. The summed E-state index contributed by atoms with van der Waals surface area (Å²) in [5, 5.41) is 9.53. The van der Waals surface area contributed by atoms with Gasteiger partial charge in [-0.15, -0.1) is 10.2 Å². The summed E-state index contributed by atoms with van der Waals surface area (Å²) >= 11 is 4.81. The Morgan fingerprint density at radius 2 is 1.97 bits per heavy atom. The fourth-order valence-electron chi connectivity index (χ4n) is 3.35. The van der Waals surface area contributed by atoms with Crippen LogP contribution in [0.5, 0.6) is 5.75 Å². The first-order valence-electron chi connectivity index (χ1n) is 9.75. The van der Waals surface area contributed by atoms with Crippen molar-refractivity contribution in [2.75, 3.05) is 19.5 Å². The lowest BCUT2D eigenvalue weighted by atomic mass is 10.2. The Morgan fingerprint density at radius 3 is 2.63 bits per heavy atom. The van der Waals surface area contributed by atoms with Crippen molar-refractivity contribution in [3.8, 4) is 17.1 Å². The van der Waals surface area contributed by atoms with Gasteiger partial charge < -0.3 is 9.47 Å². The first-order valence-corrected chi connectivity index (χ1v) is 11.5. The highest BCUT2D eigenvalue weighted by molar-refractivity contribution is 9.10. The number of hydrogen-bond donors (Lipinski definition) is 0. The number of ketones is 1. The van der Waals surface area contributed by atoms with Crippen LogP contribution in [0.4, 0.5) is 0 Å². The third kappa shape index (κ3) is 4.94. The lowest BCUT2D eigenvalue weighted by molar-refractivity contribution is 0.0953. The summed E-state index contributed by atoms with van der Waals surface area (Å²) in [5.41, 5.74) is 1.64. The first kappa shape index (κ1) is 21.1. The first-order chi connectivity index (χ1) is 14.6. The molecular formula is C22H22BrN3O3S. The Kier molecular flexibility index (Phi) is 6.86. The van der Waals surface area contributed by atoms with Crippen molar-refractivity contribution in [3.63, 3.8) is 0 Å². The van der Waals surface area contributed by atoms with Crippen molar-refractivity contribution < 1.29 is 14.3 Å². The quantitative estimate of drug-likeness (QED) is 0.333. The van der Waals surface area contributed by atoms with E-state index in [1.54, 1.807) is 7.11 Å². The van der Waals surface area contributed by atoms with E-state index in [9.17, 15) is 4.79 Å². The summed E-state index contributed by atoms with van der Waals surface area (Å²) in [4.78, 5) is 12.6. The molecule has 3 aromatic rings. The molecule has 0 bridgehead atoms. The molecule has 1 saturated heterocycles. The van der Waals surface area contributed by atoms with Gasteiger partial charge in [-0.1, -0.05) is 39.8 Å². The monoisotopic (exact) mass is 487 g/mol. The summed E-state index contributed by atoms with van der Waals surface area (Å²) < 4.78 is 14.1. The standard InChI is InChI=1S/C22H22BrN3O3S/c1-28-18-10-6-16(7-11-18)21-24-25-22(26(21)13-19-3-2-12-29-19)30-14-20(27)15-4-8-17(23)9-5-15/h4-11,19H,2-3,12-14H2,1H3/t19-/m1/s1. The van der Waals surface area contributed by atoms with E-state index in [-0.39, 0.29) is 11.9 Å². The molecule has 1 atom stereocenters. The zero-order valence-electron chi connectivity index (χ0n) is 16.6. The molecule has 0 spiro atoms. The van der Waals surface area contributed by atoms with E-state index in [2.05, 4.69) is 30.7 Å². The van der Waals surface area contributed by atoms with Gasteiger partial charge in [0.15, 0.2) is 16.8 Å². The normalized spacial score (nSPS) is 16.0. The van der Waals surface area contributed by atoms with Crippen LogP contribution in [-0.2, 0) is 11.3 Å². The number of rotatable bonds is 8. The van der Waals surface area contributed by atoms with E-state index in [1.165, 1.54) is 11.8 Å². The smallest absolute Gasteiger partial charge is 0.192 e. The predicted molar refractivity (Wildman–Crippen MR) is 120 cm³/mol. The summed E-state index contributed by atoms with van der Waals surface area (Å²) in [6.45, 7) is 1.46. The fraction of sp³-hybridized carbons (Fsp3) is 0.318. The Hall–Kier alpha value is -2.16. The molecule has 1 fully saturated rings. The molecule has 8 heteroatoms. The number of carbonyl (C=O) groups is 1. The molecular weight excluding hydrogens is 466 g/mol. The van der Waals surface area contributed by atoms with Crippen LogP contribution < -0.4 is 4.74 Å². The third-order valence-electron chi connectivity index (χ3n) is 4.97. The second-order valence-electron chi connectivity index (χ2n) is 7.00. The molecule has 6 nitrogen and oxygen atoms in total. The number of halogens is 1. The maximum atomic E-state index is 12.6. The highest BCUT2D eigenvalue weighted by Crippen LogP contribution is 2.28. The lowest BCUT2D eigenvalue weighted by Crippen LogP contribution is -2.17. The van der Waals surface area contributed by atoms with Gasteiger partial charge in [0.1, 0.15) is 5.75 Å². The number of ether oxygens (including phenoxy) is 2. The van der Waals surface area contributed by atoms with Crippen molar-refractivity contribution in [1.82, 2.24) is 14.8 Å². The van der Waals surface area contributed by atoms with Crippen molar-refractivity contribution in [2.45, 2.75) is 30.6 Å². The SMILES string of the molecule is COc1ccc(-c2nnc(SCC(=O)c3ccc(Br)cc3)n2C[C@H]2CCCO2)cc1. The van der Waals surface area contributed by atoms with Crippen LogP contribution >= 0.6 is 27.7 Å². The van der Waals surface area contributed by atoms with Crippen LogP contribution in [0.25, 0.3) is 11.4 Å². The highest BCUT2D eigenvalue weighted by Gasteiger charge is 2.22. The minimum absolute atomic E-state index is 0.0603. The Bertz CT molecular complexity index is 999. The van der Waals surface area contributed by atoms with E-state index >= 15 is 0 Å². The zero-order valence-corrected chi connectivity index (χ0v) is 19.0. The maximum Gasteiger partial charge on any atom is 0.192 e. The van der Waals surface area contributed by atoms with Crippen molar-refractivity contribution >= 4 is 33.5 Å². The second kappa shape index (κ2) is 9.76. The number of benzene rings is 2. The van der Waals surface area contributed by atoms with Gasteiger partial charge >= 0.3 is 0 Å². The summed E-state index contributed by atoms with van der Waals surface area (Å²) in [6, 6.07) is 15.2. The number of Topliss-reactive ketones (excluding diaryl/α,β-unsaturated/α-hetero) is 1. The molecule has 156 valence electrons. The van der Waals surface area contributed by atoms with Crippen LogP contribution in [0.1, 0.15) is 23.2 Å². The third-order valence-corrected chi connectivity index (χ3v) is 6.47. The van der Waals surface area contributed by atoms with Crippen LogP contribution in [0, 0.1) is 0 Å². The van der Waals surface area contributed by atoms with E-state index in [0.29, 0.717) is 17.9 Å². The second-order valence-corrected chi connectivity index (χ2v) is 8.86. The molecule has 30 heavy (non-hydrogen) atoms. The molecule has 4 rings (SSSR count). The van der Waals surface area contributed by atoms with E-state index in [4.69, 9.17) is 9.47 Å². The summed E-state index contributed by atoms with van der Waals surface area (Å²) in [7, 11) is 1.64. The van der Waals surface area contributed by atoms with Crippen LogP contribution in [0.2, 0.25) is 0 Å². The number of carbonyl (C=O) groups excluding carboxylic acids is 1. The molecule has 0 radical (unpaired) electrons. The maximum absolute atomic E-state index is 12.6. The minimum Gasteiger partial charge on any atom is -0.497 e. The molecule has 0 unspecified atom stereocenters. The molecule has 1 aliphatic heterocycles. The minimum atomic E-state index is 0.0603. The van der Waals surface area contributed by atoms with Crippen molar-refractivity contribution in [2.24, 2.45) is 0 Å². The van der Waals surface area contributed by atoms with E-state index < -0.39 is 0 Å². The lowest BCUT2D eigenvalue weighted by Gasteiger charge is -2.15. The van der Waals surface area contributed by atoms with Crippen molar-refractivity contribution in [1.29, 1.82) is 0 Å². The van der Waals surface area contributed by atoms with Crippen molar-refractivity contribution in [3.05, 3.63) is 58.6 Å². The molecule has 2 heterocycles. The van der Waals surface area contributed by atoms with Gasteiger partial charge in [-0.3, -0.25) is 9.36 Å². The van der Waals surface area contributed by atoms with Gasteiger partial charge in [-0.25, -0.2) is 0 Å². The number of hydrogen-bond acceptors (Lipinski definition) is 6. The van der Waals surface area contributed by atoms with E-state index in [0.717, 1.165) is 46.2 Å². The van der Waals surface area contributed by atoms with Crippen LogP contribution in [0.15, 0.2) is 58.2 Å². The number of nitrogens with zero attached hydrogens (tertiary/aromatic N) is 3. The largest absolute Gasteiger partial charge is 0.497 e. The number of thioether (sulfide) groups is 1. The number of methoxy groups -OCH3 is 1. The molecule has 2 aromatic carbocycles. The average Bonchev–Trinajstić information content (AvgIpc) is 3.43. The van der Waals surface area contributed by atoms with Gasteiger partial charge in [0.25, 0.3) is 0 Å². The Balaban J connectivity index is 1.55. The molecule has 0 saturated carbocycles. The Labute approximate surface area is 188 Å².